The second-order valence-corrected chi connectivity index (χ2v) is 3.39. The van der Waals surface area contributed by atoms with Gasteiger partial charge >= 0.3 is 0 Å². The van der Waals surface area contributed by atoms with E-state index in [9.17, 15) is 4.79 Å². The smallest absolute Gasteiger partial charge is 0.164 e. The fourth-order valence-corrected chi connectivity index (χ4v) is 1.57. The molecule has 0 amide bonds. The highest BCUT2D eigenvalue weighted by Gasteiger charge is 2.14. The van der Waals surface area contributed by atoms with Gasteiger partial charge in [0.05, 0.1) is 14.2 Å². The normalized spacial score (nSPS) is 11.9. The van der Waals surface area contributed by atoms with Crippen LogP contribution in [0.25, 0.3) is 0 Å². The number of carbonyl (C=O) groups is 1. The summed E-state index contributed by atoms with van der Waals surface area (Å²) in [5.74, 6) is 1.56. The zero-order valence-corrected chi connectivity index (χ0v) is 9.32. The van der Waals surface area contributed by atoms with Gasteiger partial charge in [-0.05, 0) is 12.0 Å². The summed E-state index contributed by atoms with van der Waals surface area (Å²) in [5, 5.41) is 0. The van der Waals surface area contributed by atoms with Crippen molar-refractivity contribution in [1.82, 2.24) is 0 Å². The summed E-state index contributed by atoms with van der Waals surface area (Å²) < 4.78 is 10.5. The second-order valence-electron chi connectivity index (χ2n) is 3.39. The fourth-order valence-electron chi connectivity index (χ4n) is 1.57. The van der Waals surface area contributed by atoms with Gasteiger partial charge in [-0.3, -0.25) is 0 Å². The summed E-state index contributed by atoms with van der Waals surface area (Å²) in [6.45, 7) is 1.99. The van der Waals surface area contributed by atoms with Crippen molar-refractivity contribution in [3.05, 3.63) is 23.8 Å². The summed E-state index contributed by atoms with van der Waals surface area (Å²) in [6, 6.07) is 5.70. The van der Waals surface area contributed by atoms with Gasteiger partial charge in [0.2, 0.25) is 0 Å². The molecule has 0 bridgehead atoms. The van der Waals surface area contributed by atoms with Crippen molar-refractivity contribution >= 4 is 6.29 Å². The fraction of sp³-hybridized carbons (Fsp3) is 0.417. The number of carbonyl (C=O) groups excluding carboxylic acids is 1. The van der Waals surface area contributed by atoms with Crippen LogP contribution in [0.15, 0.2) is 18.2 Å². The number of hydrogen-bond acceptors (Lipinski definition) is 3. The molecule has 0 spiro atoms. The number of para-hydroxylation sites is 1. The molecule has 3 nitrogen and oxygen atoms in total. The van der Waals surface area contributed by atoms with E-state index in [1.54, 1.807) is 14.2 Å². The number of ether oxygens (including phenoxy) is 2. The lowest BCUT2D eigenvalue weighted by molar-refractivity contribution is -0.108. The average Bonchev–Trinajstić information content (AvgIpc) is 2.28. The van der Waals surface area contributed by atoms with Crippen molar-refractivity contribution in [1.29, 1.82) is 0 Å². The average molecular weight is 208 g/mol. The van der Waals surface area contributed by atoms with Crippen LogP contribution in [-0.2, 0) is 4.79 Å². The third-order valence-electron chi connectivity index (χ3n) is 2.41. The van der Waals surface area contributed by atoms with Gasteiger partial charge in [0.15, 0.2) is 11.5 Å². The number of aldehydes is 1. The van der Waals surface area contributed by atoms with Crippen LogP contribution >= 0.6 is 0 Å². The monoisotopic (exact) mass is 208 g/mol. The summed E-state index contributed by atoms with van der Waals surface area (Å²) in [7, 11) is 3.21. The Balaban J connectivity index is 3.10. The second kappa shape index (κ2) is 5.39. The molecule has 15 heavy (non-hydrogen) atoms. The van der Waals surface area contributed by atoms with E-state index in [1.165, 1.54) is 0 Å². The largest absolute Gasteiger partial charge is 0.493 e. The van der Waals surface area contributed by atoms with Crippen LogP contribution in [0.1, 0.15) is 24.8 Å². The molecule has 1 aromatic carbocycles. The molecule has 82 valence electrons. The predicted octanol–water partition coefficient (Wildman–Crippen LogP) is 2.40. The maximum atomic E-state index is 10.5. The maximum absolute atomic E-state index is 10.5. The van der Waals surface area contributed by atoms with Crippen LogP contribution in [0.3, 0.4) is 0 Å². The zero-order chi connectivity index (χ0) is 11.3. The van der Waals surface area contributed by atoms with E-state index in [1.807, 2.05) is 25.1 Å². The van der Waals surface area contributed by atoms with Gasteiger partial charge in [-0.15, -0.1) is 0 Å². The van der Waals surface area contributed by atoms with E-state index in [0.29, 0.717) is 17.9 Å². The molecule has 1 rings (SSSR count). The molecule has 1 atom stereocenters. The molecular formula is C12H16O3. The van der Waals surface area contributed by atoms with Crippen LogP contribution < -0.4 is 9.47 Å². The van der Waals surface area contributed by atoms with Crippen LogP contribution in [0.4, 0.5) is 0 Å². The van der Waals surface area contributed by atoms with E-state index in [-0.39, 0.29) is 5.92 Å². The van der Waals surface area contributed by atoms with Gasteiger partial charge in [0, 0.05) is 12.0 Å². The summed E-state index contributed by atoms with van der Waals surface area (Å²) in [5.41, 5.74) is 1.00. The summed E-state index contributed by atoms with van der Waals surface area (Å²) in [4.78, 5) is 10.5. The number of benzene rings is 1. The number of hydrogen-bond donors (Lipinski definition) is 0. The Morgan fingerprint density at radius 1 is 1.33 bits per heavy atom. The van der Waals surface area contributed by atoms with Gasteiger partial charge in [0.1, 0.15) is 6.29 Å². The van der Waals surface area contributed by atoms with Gasteiger partial charge in [-0.25, -0.2) is 0 Å². The van der Waals surface area contributed by atoms with E-state index in [4.69, 9.17) is 9.47 Å². The van der Waals surface area contributed by atoms with Crippen molar-refractivity contribution in [2.45, 2.75) is 19.3 Å². The molecule has 0 aliphatic heterocycles. The first-order valence-corrected chi connectivity index (χ1v) is 4.89. The SMILES string of the molecule is COc1cccc(C(C)CC=O)c1OC. The van der Waals surface area contributed by atoms with E-state index >= 15 is 0 Å². The predicted molar refractivity (Wildman–Crippen MR) is 58.6 cm³/mol. The highest BCUT2D eigenvalue weighted by molar-refractivity contribution is 5.54. The Bertz CT molecular complexity index is 334. The van der Waals surface area contributed by atoms with Crippen molar-refractivity contribution in [3.63, 3.8) is 0 Å². The summed E-state index contributed by atoms with van der Waals surface area (Å²) >= 11 is 0. The maximum Gasteiger partial charge on any atom is 0.164 e. The van der Waals surface area contributed by atoms with E-state index in [0.717, 1.165) is 11.8 Å². The molecule has 0 aliphatic carbocycles. The minimum Gasteiger partial charge on any atom is -0.493 e. The molecule has 0 heterocycles. The van der Waals surface area contributed by atoms with Crippen molar-refractivity contribution in [2.75, 3.05) is 14.2 Å². The van der Waals surface area contributed by atoms with Gasteiger partial charge in [-0.2, -0.15) is 0 Å². The zero-order valence-electron chi connectivity index (χ0n) is 9.32. The topological polar surface area (TPSA) is 35.5 Å². The molecule has 1 unspecified atom stereocenters. The first-order chi connectivity index (χ1) is 7.24. The molecule has 1 aromatic rings. The molecule has 3 heteroatoms. The quantitative estimate of drug-likeness (QED) is 0.697. The van der Waals surface area contributed by atoms with Crippen molar-refractivity contribution in [2.24, 2.45) is 0 Å². The van der Waals surface area contributed by atoms with Crippen LogP contribution in [-0.4, -0.2) is 20.5 Å². The molecule has 0 saturated carbocycles. The highest BCUT2D eigenvalue weighted by Crippen LogP contribution is 2.35. The standard InChI is InChI=1S/C12H16O3/c1-9(7-8-13)10-5-4-6-11(14-2)12(10)15-3/h4-6,8-9H,7H2,1-3H3. The molecule has 0 N–H and O–H groups in total. The first-order valence-electron chi connectivity index (χ1n) is 4.89. The van der Waals surface area contributed by atoms with Gasteiger partial charge in [-0.1, -0.05) is 19.1 Å². The van der Waals surface area contributed by atoms with Crippen molar-refractivity contribution in [3.8, 4) is 11.5 Å². The molecule has 0 saturated heterocycles. The molecular weight excluding hydrogens is 192 g/mol. The lowest BCUT2D eigenvalue weighted by Gasteiger charge is -2.15. The Hall–Kier alpha value is -1.51. The Labute approximate surface area is 90.0 Å². The lowest BCUT2D eigenvalue weighted by atomic mass is 9.97. The van der Waals surface area contributed by atoms with Crippen LogP contribution in [0, 0.1) is 0 Å². The van der Waals surface area contributed by atoms with Crippen LogP contribution in [0.5, 0.6) is 11.5 Å². The lowest BCUT2D eigenvalue weighted by Crippen LogP contribution is -2.00. The van der Waals surface area contributed by atoms with Crippen LogP contribution in [0.2, 0.25) is 0 Å². The third kappa shape index (κ3) is 2.49. The third-order valence-corrected chi connectivity index (χ3v) is 2.41. The Morgan fingerprint density at radius 3 is 2.60 bits per heavy atom. The highest BCUT2D eigenvalue weighted by atomic mass is 16.5. The number of methoxy groups -OCH3 is 2. The summed E-state index contributed by atoms with van der Waals surface area (Å²) in [6.07, 6.45) is 1.41. The molecule has 0 aliphatic rings. The Kier molecular flexibility index (Phi) is 4.16. The van der Waals surface area contributed by atoms with E-state index in [2.05, 4.69) is 0 Å². The Morgan fingerprint density at radius 2 is 2.07 bits per heavy atom. The minimum absolute atomic E-state index is 0.146. The molecule has 0 aromatic heterocycles. The van der Waals surface area contributed by atoms with Gasteiger partial charge in [0.25, 0.3) is 0 Å². The first kappa shape index (κ1) is 11.6. The molecule has 0 radical (unpaired) electrons. The number of rotatable bonds is 5. The van der Waals surface area contributed by atoms with E-state index < -0.39 is 0 Å². The molecule has 0 fully saturated rings. The minimum atomic E-state index is 0.146. The van der Waals surface area contributed by atoms with Crippen molar-refractivity contribution < 1.29 is 14.3 Å². The van der Waals surface area contributed by atoms with Gasteiger partial charge < -0.3 is 14.3 Å².